The number of furan rings is 1. The van der Waals surface area contributed by atoms with Crippen LogP contribution >= 0.6 is 11.8 Å². The molecule has 1 fully saturated rings. The zero-order chi connectivity index (χ0) is 21.2. The van der Waals surface area contributed by atoms with E-state index in [1.165, 1.54) is 12.8 Å². The SMILES string of the molecule is Cc1nc(CSc2nnc(N3CCC(C)CC3)n2Cc2ccco2)nc2ccccc12. The van der Waals surface area contributed by atoms with Gasteiger partial charge in [-0.2, -0.15) is 0 Å². The molecule has 1 aliphatic heterocycles. The summed E-state index contributed by atoms with van der Waals surface area (Å²) in [5.74, 6) is 4.02. The Kier molecular flexibility index (Phi) is 5.63. The van der Waals surface area contributed by atoms with Gasteiger partial charge in [0.1, 0.15) is 11.6 Å². The molecule has 4 heterocycles. The van der Waals surface area contributed by atoms with Gasteiger partial charge in [-0.1, -0.05) is 36.9 Å². The van der Waals surface area contributed by atoms with E-state index in [0.717, 1.165) is 58.3 Å². The van der Waals surface area contributed by atoms with Crippen LogP contribution in [0.1, 0.15) is 37.0 Å². The lowest BCUT2D eigenvalue weighted by Gasteiger charge is -2.31. The third-order valence-corrected chi connectivity index (χ3v) is 6.79. The van der Waals surface area contributed by atoms with Crippen molar-refractivity contribution < 1.29 is 4.42 Å². The van der Waals surface area contributed by atoms with Crippen molar-refractivity contribution in [2.75, 3.05) is 18.0 Å². The number of hydrogen-bond acceptors (Lipinski definition) is 7. The maximum absolute atomic E-state index is 5.62. The standard InChI is InChI=1S/C23H26N6OS/c1-16-9-11-28(12-10-16)22-26-27-23(29(22)14-18-6-5-13-30-18)31-15-21-24-17(2)19-7-3-4-8-20(19)25-21/h3-8,13,16H,9-12,14-15H2,1-2H3. The van der Waals surface area contributed by atoms with Crippen molar-refractivity contribution in [3.05, 3.63) is 59.9 Å². The largest absolute Gasteiger partial charge is 0.467 e. The number of para-hydroxylation sites is 1. The lowest BCUT2D eigenvalue weighted by Crippen LogP contribution is -2.35. The van der Waals surface area contributed by atoms with E-state index in [-0.39, 0.29) is 0 Å². The van der Waals surface area contributed by atoms with Gasteiger partial charge in [0.2, 0.25) is 5.95 Å². The van der Waals surface area contributed by atoms with Gasteiger partial charge in [0.05, 0.1) is 24.1 Å². The van der Waals surface area contributed by atoms with Crippen molar-refractivity contribution in [1.29, 1.82) is 0 Å². The molecule has 0 spiro atoms. The van der Waals surface area contributed by atoms with Gasteiger partial charge < -0.3 is 9.32 Å². The van der Waals surface area contributed by atoms with Gasteiger partial charge in [0.15, 0.2) is 5.16 Å². The molecule has 1 aromatic carbocycles. The molecular formula is C23H26N6OS. The number of thioether (sulfide) groups is 1. The van der Waals surface area contributed by atoms with E-state index in [9.17, 15) is 0 Å². The highest BCUT2D eigenvalue weighted by Crippen LogP contribution is 2.28. The number of anilines is 1. The Hall–Kier alpha value is -2.87. The molecule has 1 aliphatic rings. The van der Waals surface area contributed by atoms with Crippen molar-refractivity contribution in [1.82, 2.24) is 24.7 Å². The molecule has 0 aliphatic carbocycles. The van der Waals surface area contributed by atoms with E-state index in [1.807, 2.05) is 37.3 Å². The minimum Gasteiger partial charge on any atom is -0.467 e. The van der Waals surface area contributed by atoms with Crippen LogP contribution in [0.2, 0.25) is 0 Å². The molecule has 160 valence electrons. The summed E-state index contributed by atoms with van der Waals surface area (Å²) in [4.78, 5) is 11.8. The zero-order valence-electron chi connectivity index (χ0n) is 17.9. The van der Waals surface area contributed by atoms with Crippen molar-refractivity contribution in [3.63, 3.8) is 0 Å². The van der Waals surface area contributed by atoms with E-state index in [2.05, 4.69) is 32.7 Å². The second-order valence-electron chi connectivity index (χ2n) is 8.15. The van der Waals surface area contributed by atoms with Crippen LogP contribution in [0.4, 0.5) is 5.95 Å². The molecule has 31 heavy (non-hydrogen) atoms. The molecule has 7 nitrogen and oxygen atoms in total. The molecule has 5 rings (SSSR count). The average molecular weight is 435 g/mol. The predicted molar refractivity (Wildman–Crippen MR) is 122 cm³/mol. The molecule has 0 radical (unpaired) electrons. The zero-order valence-corrected chi connectivity index (χ0v) is 18.7. The Balaban J connectivity index is 1.40. The van der Waals surface area contributed by atoms with Crippen LogP contribution in [-0.2, 0) is 12.3 Å². The van der Waals surface area contributed by atoms with E-state index >= 15 is 0 Å². The van der Waals surface area contributed by atoms with Crippen LogP contribution in [0, 0.1) is 12.8 Å². The summed E-state index contributed by atoms with van der Waals surface area (Å²) >= 11 is 1.62. The molecule has 0 N–H and O–H groups in total. The Morgan fingerprint density at radius 1 is 1.06 bits per heavy atom. The fraction of sp³-hybridized carbons (Fsp3) is 0.391. The number of aromatic nitrogens is 5. The first kappa shape index (κ1) is 20.1. The minimum absolute atomic E-state index is 0.612. The fourth-order valence-corrected chi connectivity index (χ4v) is 4.80. The number of nitrogens with zero attached hydrogens (tertiary/aromatic N) is 6. The fourth-order valence-electron chi connectivity index (χ4n) is 4.02. The van der Waals surface area contributed by atoms with E-state index < -0.39 is 0 Å². The van der Waals surface area contributed by atoms with Crippen LogP contribution in [0.5, 0.6) is 0 Å². The Morgan fingerprint density at radius 2 is 1.90 bits per heavy atom. The molecule has 1 saturated heterocycles. The summed E-state index contributed by atoms with van der Waals surface area (Å²) < 4.78 is 7.78. The van der Waals surface area contributed by atoms with Crippen molar-refractivity contribution in [3.8, 4) is 0 Å². The van der Waals surface area contributed by atoms with Crippen LogP contribution in [-0.4, -0.2) is 37.8 Å². The number of rotatable bonds is 6. The first-order chi connectivity index (χ1) is 15.2. The highest BCUT2D eigenvalue weighted by molar-refractivity contribution is 7.98. The van der Waals surface area contributed by atoms with Crippen molar-refractivity contribution >= 4 is 28.6 Å². The highest BCUT2D eigenvalue weighted by Gasteiger charge is 2.23. The maximum atomic E-state index is 5.62. The van der Waals surface area contributed by atoms with Gasteiger partial charge in [-0.15, -0.1) is 10.2 Å². The number of fused-ring (bicyclic) bond motifs is 1. The average Bonchev–Trinajstić information content (AvgIpc) is 3.44. The Labute approximate surface area is 185 Å². The minimum atomic E-state index is 0.612. The molecule has 4 aromatic rings. The summed E-state index contributed by atoms with van der Waals surface area (Å²) in [5.41, 5.74) is 1.98. The third kappa shape index (κ3) is 4.30. The summed E-state index contributed by atoms with van der Waals surface area (Å²) in [6, 6.07) is 12.0. The van der Waals surface area contributed by atoms with Gasteiger partial charge in [-0.05, 0) is 43.9 Å². The van der Waals surface area contributed by atoms with Crippen LogP contribution in [0.25, 0.3) is 10.9 Å². The monoisotopic (exact) mass is 434 g/mol. The molecule has 3 aromatic heterocycles. The van der Waals surface area contributed by atoms with Gasteiger partial charge >= 0.3 is 0 Å². The Morgan fingerprint density at radius 3 is 2.71 bits per heavy atom. The summed E-state index contributed by atoms with van der Waals surface area (Å²) in [6.45, 7) is 6.98. The van der Waals surface area contributed by atoms with E-state index in [4.69, 9.17) is 14.4 Å². The molecular weight excluding hydrogens is 408 g/mol. The summed E-state index contributed by atoms with van der Waals surface area (Å²) in [6.07, 6.45) is 4.07. The van der Waals surface area contributed by atoms with Crippen LogP contribution in [0.3, 0.4) is 0 Å². The van der Waals surface area contributed by atoms with Crippen molar-refractivity contribution in [2.24, 2.45) is 5.92 Å². The lowest BCUT2D eigenvalue weighted by molar-refractivity contribution is 0.427. The molecule has 0 saturated carbocycles. The second-order valence-corrected chi connectivity index (χ2v) is 9.09. The Bertz CT molecular complexity index is 1160. The van der Waals surface area contributed by atoms with Gasteiger partial charge in [0, 0.05) is 24.2 Å². The second kappa shape index (κ2) is 8.70. The van der Waals surface area contributed by atoms with Crippen molar-refractivity contribution in [2.45, 2.75) is 44.1 Å². The van der Waals surface area contributed by atoms with Gasteiger partial charge in [-0.3, -0.25) is 4.57 Å². The normalized spacial score (nSPS) is 15.1. The number of aryl methyl sites for hydroxylation is 1. The third-order valence-electron chi connectivity index (χ3n) is 5.83. The molecule has 0 unspecified atom stereocenters. The topological polar surface area (TPSA) is 72.9 Å². The summed E-state index contributed by atoms with van der Waals surface area (Å²) in [7, 11) is 0. The lowest BCUT2D eigenvalue weighted by atomic mass is 10.00. The molecule has 0 atom stereocenters. The maximum Gasteiger partial charge on any atom is 0.228 e. The number of benzene rings is 1. The van der Waals surface area contributed by atoms with Gasteiger partial charge in [-0.25, -0.2) is 9.97 Å². The predicted octanol–water partition coefficient (Wildman–Crippen LogP) is 4.70. The quantitative estimate of drug-likeness (QED) is 0.407. The van der Waals surface area contributed by atoms with Crippen LogP contribution in [0.15, 0.2) is 52.2 Å². The van der Waals surface area contributed by atoms with Gasteiger partial charge in [0.25, 0.3) is 0 Å². The smallest absolute Gasteiger partial charge is 0.228 e. The molecule has 0 bridgehead atoms. The van der Waals surface area contributed by atoms with E-state index in [0.29, 0.717) is 12.3 Å². The van der Waals surface area contributed by atoms with E-state index in [1.54, 1.807) is 18.0 Å². The number of hydrogen-bond donors (Lipinski definition) is 0. The number of piperidine rings is 1. The molecule has 0 amide bonds. The first-order valence-electron chi connectivity index (χ1n) is 10.7. The highest BCUT2D eigenvalue weighted by atomic mass is 32.2. The summed E-state index contributed by atoms with van der Waals surface area (Å²) in [5, 5.41) is 11.0. The van der Waals surface area contributed by atoms with Crippen LogP contribution < -0.4 is 4.90 Å². The first-order valence-corrected chi connectivity index (χ1v) is 11.7. The molecule has 8 heteroatoms.